The van der Waals surface area contributed by atoms with Crippen LogP contribution in [0.15, 0.2) is 24.3 Å². The number of ether oxygens (including phenoxy) is 2. The standard InChI is InChI=1S/C17H25ClN2O3/c1-20(12-16-4-2-3-10-22-16)13-17(21)19-9-11-23-15-7-5-14(18)6-8-15/h5-8,16H,2-4,9-13H2,1H3,(H,19,21). The van der Waals surface area contributed by atoms with Crippen LogP contribution in [0, 0.1) is 0 Å². The highest BCUT2D eigenvalue weighted by Gasteiger charge is 2.17. The van der Waals surface area contributed by atoms with Crippen molar-refractivity contribution in [2.45, 2.75) is 25.4 Å². The summed E-state index contributed by atoms with van der Waals surface area (Å²) in [4.78, 5) is 13.9. The van der Waals surface area contributed by atoms with Crippen LogP contribution in [0.2, 0.25) is 5.02 Å². The molecule has 0 saturated carbocycles. The second-order valence-corrected chi connectivity index (χ2v) is 6.27. The minimum atomic E-state index is 0.00279. The number of amides is 1. The Morgan fingerprint density at radius 2 is 2.17 bits per heavy atom. The zero-order valence-corrected chi connectivity index (χ0v) is 14.3. The van der Waals surface area contributed by atoms with Gasteiger partial charge in [-0.05, 0) is 50.6 Å². The summed E-state index contributed by atoms with van der Waals surface area (Å²) in [5.41, 5.74) is 0. The van der Waals surface area contributed by atoms with Gasteiger partial charge in [-0.25, -0.2) is 0 Å². The summed E-state index contributed by atoms with van der Waals surface area (Å²) >= 11 is 5.81. The Hall–Kier alpha value is -1.30. The average molecular weight is 341 g/mol. The Bertz CT molecular complexity index is 475. The van der Waals surface area contributed by atoms with Crippen molar-refractivity contribution in [3.63, 3.8) is 0 Å². The monoisotopic (exact) mass is 340 g/mol. The molecular weight excluding hydrogens is 316 g/mol. The molecule has 1 unspecified atom stereocenters. The summed E-state index contributed by atoms with van der Waals surface area (Å²) in [6, 6.07) is 7.17. The Labute approximate surface area is 142 Å². The molecule has 1 aromatic carbocycles. The molecule has 1 fully saturated rings. The van der Waals surface area contributed by atoms with E-state index in [2.05, 4.69) is 5.32 Å². The van der Waals surface area contributed by atoms with Gasteiger partial charge in [0.25, 0.3) is 0 Å². The Morgan fingerprint density at radius 1 is 1.39 bits per heavy atom. The van der Waals surface area contributed by atoms with Crippen molar-refractivity contribution in [2.75, 3.05) is 39.9 Å². The molecular formula is C17H25ClN2O3. The number of benzene rings is 1. The summed E-state index contributed by atoms with van der Waals surface area (Å²) in [6.45, 7) is 2.93. The van der Waals surface area contributed by atoms with Crippen LogP contribution in [0.25, 0.3) is 0 Å². The molecule has 0 spiro atoms. The van der Waals surface area contributed by atoms with Crippen LogP contribution in [0.1, 0.15) is 19.3 Å². The summed E-state index contributed by atoms with van der Waals surface area (Å²) in [7, 11) is 1.95. The van der Waals surface area contributed by atoms with Gasteiger partial charge in [0.15, 0.2) is 0 Å². The average Bonchev–Trinajstić information content (AvgIpc) is 2.54. The number of carbonyl (C=O) groups is 1. The molecule has 0 aromatic heterocycles. The fourth-order valence-electron chi connectivity index (χ4n) is 2.55. The minimum Gasteiger partial charge on any atom is -0.492 e. The molecule has 1 aliphatic heterocycles. The molecule has 1 N–H and O–H groups in total. The summed E-state index contributed by atoms with van der Waals surface area (Å²) in [5.74, 6) is 0.748. The van der Waals surface area contributed by atoms with Crippen LogP contribution in [-0.4, -0.2) is 56.8 Å². The van der Waals surface area contributed by atoms with E-state index in [4.69, 9.17) is 21.1 Å². The third-order valence-corrected chi connectivity index (χ3v) is 3.96. The highest BCUT2D eigenvalue weighted by atomic mass is 35.5. The van der Waals surface area contributed by atoms with E-state index >= 15 is 0 Å². The Kier molecular flexibility index (Phi) is 7.65. The lowest BCUT2D eigenvalue weighted by Crippen LogP contribution is -2.41. The molecule has 128 valence electrons. The van der Waals surface area contributed by atoms with Gasteiger partial charge in [0.2, 0.25) is 5.91 Å². The van der Waals surface area contributed by atoms with Gasteiger partial charge in [0.1, 0.15) is 12.4 Å². The predicted octanol–water partition coefficient (Wildman–Crippen LogP) is 2.34. The van der Waals surface area contributed by atoms with Crippen LogP contribution in [0.3, 0.4) is 0 Å². The number of nitrogens with one attached hydrogen (secondary N) is 1. The van der Waals surface area contributed by atoms with Crippen LogP contribution < -0.4 is 10.1 Å². The zero-order valence-electron chi connectivity index (χ0n) is 13.6. The number of hydrogen-bond donors (Lipinski definition) is 1. The number of rotatable bonds is 8. The minimum absolute atomic E-state index is 0.00279. The highest BCUT2D eigenvalue weighted by Crippen LogP contribution is 2.15. The second-order valence-electron chi connectivity index (χ2n) is 5.84. The maximum absolute atomic E-state index is 11.9. The molecule has 5 nitrogen and oxygen atoms in total. The molecule has 1 saturated heterocycles. The predicted molar refractivity (Wildman–Crippen MR) is 91.0 cm³/mol. The maximum Gasteiger partial charge on any atom is 0.234 e. The SMILES string of the molecule is CN(CC(=O)NCCOc1ccc(Cl)cc1)CC1CCCCO1. The van der Waals surface area contributed by atoms with Gasteiger partial charge in [0, 0.05) is 18.2 Å². The third-order valence-electron chi connectivity index (χ3n) is 3.71. The van der Waals surface area contributed by atoms with Crippen molar-refractivity contribution in [3.8, 4) is 5.75 Å². The van der Waals surface area contributed by atoms with Crippen molar-refractivity contribution in [2.24, 2.45) is 0 Å². The van der Waals surface area contributed by atoms with E-state index in [1.54, 1.807) is 12.1 Å². The Balaban J connectivity index is 1.56. The molecule has 0 radical (unpaired) electrons. The first kappa shape index (κ1) is 18.0. The molecule has 2 rings (SSSR count). The lowest BCUT2D eigenvalue weighted by Gasteiger charge is -2.27. The van der Waals surface area contributed by atoms with E-state index in [0.29, 0.717) is 24.7 Å². The topological polar surface area (TPSA) is 50.8 Å². The summed E-state index contributed by atoms with van der Waals surface area (Å²) in [6.07, 6.45) is 3.71. The Morgan fingerprint density at radius 3 is 2.87 bits per heavy atom. The molecule has 23 heavy (non-hydrogen) atoms. The number of nitrogens with zero attached hydrogens (tertiary/aromatic N) is 1. The van der Waals surface area contributed by atoms with E-state index < -0.39 is 0 Å². The molecule has 1 amide bonds. The van der Waals surface area contributed by atoms with Crippen molar-refractivity contribution in [3.05, 3.63) is 29.3 Å². The van der Waals surface area contributed by atoms with E-state index in [1.165, 1.54) is 6.42 Å². The lowest BCUT2D eigenvalue weighted by molar-refractivity contribution is -0.122. The zero-order chi connectivity index (χ0) is 16.5. The van der Waals surface area contributed by atoms with Crippen molar-refractivity contribution < 1.29 is 14.3 Å². The highest BCUT2D eigenvalue weighted by molar-refractivity contribution is 6.30. The van der Waals surface area contributed by atoms with Crippen molar-refractivity contribution in [1.82, 2.24) is 10.2 Å². The third kappa shape index (κ3) is 7.20. The van der Waals surface area contributed by atoms with Crippen molar-refractivity contribution in [1.29, 1.82) is 0 Å². The van der Waals surface area contributed by atoms with E-state index in [1.807, 2.05) is 24.1 Å². The first-order valence-corrected chi connectivity index (χ1v) is 8.46. The van der Waals surface area contributed by atoms with Crippen LogP contribution in [-0.2, 0) is 9.53 Å². The van der Waals surface area contributed by atoms with E-state index in [9.17, 15) is 4.79 Å². The summed E-state index contributed by atoms with van der Waals surface area (Å²) in [5, 5.41) is 3.54. The fraction of sp³-hybridized carbons (Fsp3) is 0.588. The van der Waals surface area contributed by atoms with Gasteiger partial charge in [0.05, 0.1) is 19.2 Å². The smallest absolute Gasteiger partial charge is 0.234 e. The summed E-state index contributed by atoms with van der Waals surface area (Å²) < 4.78 is 11.2. The first-order valence-electron chi connectivity index (χ1n) is 8.08. The molecule has 1 atom stereocenters. The molecule has 1 aliphatic rings. The second kappa shape index (κ2) is 9.75. The number of hydrogen-bond acceptors (Lipinski definition) is 4. The number of likely N-dealkylation sites (N-methyl/N-ethyl adjacent to an activating group) is 1. The van der Waals surface area contributed by atoms with Crippen LogP contribution >= 0.6 is 11.6 Å². The number of halogens is 1. The molecule has 0 aliphatic carbocycles. The van der Waals surface area contributed by atoms with Crippen molar-refractivity contribution >= 4 is 17.5 Å². The maximum atomic E-state index is 11.9. The molecule has 1 aromatic rings. The van der Waals surface area contributed by atoms with E-state index in [0.717, 1.165) is 31.7 Å². The largest absolute Gasteiger partial charge is 0.492 e. The lowest BCUT2D eigenvalue weighted by atomic mass is 10.1. The van der Waals surface area contributed by atoms with Crippen LogP contribution in [0.5, 0.6) is 5.75 Å². The first-order chi connectivity index (χ1) is 11.1. The van der Waals surface area contributed by atoms with Gasteiger partial charge < -0.3 is 14.8 Å². The number of carbonyl (C=O) groups excluding carboxylic acids is 1. The van der Waals surface area contributed by atoms with Gasteiger partial charge in [-0.1, -0.05) is 11.6 Å². The van der Waals surface area contributed by atoms with Crippen LogP contribution in [0.4, 0.5) is 0 Å². The molecule has 1 heterocycles. The van der Waals surface area contributed by atoms with Gasteiger partial charge in [-0.3, -0.25) is 9.69 Å². The van der Waals surface area contributed by atoms with Gasteiger partial charge in [-0.2, -0.15) is 0 Å². The quantitative estimate of drug-likeness (QED) is 0.738. The normalized spacial score (nSPS) is 18.0. The molecule has 6 heteroatoms. The molecule has 0 bridgehead atoms. The van der Waals surface area contributed by atoms with Gasteiger partial charge >= 0.3 is 0 Å². The fourth-order valence-corrected chi connectivity index (χ4v) is 2.68. The van der Waals surface area contributed by atoms with E-state index in [-0.39, 0.29) is 12.0 Å². The van der Waals surface area contributed by atoms with Gasteiger partial charge in [-0.15, -0.1) is 0 Å².